The van der Waals surface area contributed by atoms with Crippen LogP contribution in [0.25, 0.3) is 10.9 Å². The Morgan fingerprint density at radius 1 is 1.47 bits per heavy atom. The number of aromatic nitrogens is 1. The molecule has 3 N–H and O–H groups in total. The van der Waals surface area contributed by atoms with Gasteiger partial charge in [0.05, 0.1) is 6.04 Å². The average Bonchev–Trinajstić information content (AvgIpc) is 2.92. The maximum absolute atomic E-state index is 11.8. The topological polar surface area (TPSA) is 68.1 Å². The van der Waals surface area contributed by atoms with Crippen molar-refractivity contribution in [1.29, 1.82) is 0 Å². The Labute approximate surface area is 110 Å². The van der Waals surface area contributed by atoms with Crippen molar-refractivity contribution in [2.24, 2.45) is 5.73 Å². The molecule has 1 aromatic heterocycles. The first-order valence-corrected chi connectivity index (χ1v) is 6.39. The highest BCUT2D eigenvalue weighted by Gasteiger charge is 2.49. The number of fused-ring (bicyclic) bond motifs is 1. The van der Waals surface area contributed by atoms with Gasteiger partial charge in [0.2, 0.25) is 0 Å². The van der Waals surface area contributed by atoms with Gasteiger partial charge in [-0.25, -0.2) is 4.79 Å². The van der Waals surface area contributed by atoms with Crippen LogP contribution in [0, 0.1) is 0 Å². The molecule has 1 spiro atoms. The molecule has 0 saturated carbocycles. The third kappa shape index (κ3) is 1.19. The molecule has 4 nitrogen and oxygen atoms in total. The number of carbonyl (C=O) groups excluding carboxylic acids is 1. The summed E-state index contributed by atoms with van der Waals surface area (Å²) >= 11 is 0. The number of nitrogens with one attached hydrogen (secondary N) is 1. The molecule has 2 atom stereocenters. The first kappa shape index (κ1) is 10.8. The quantitative estimate of drug-likeness (QED) is 0.704. The molecule has 0 amide bonds. The molecule has 0 radical (unpaired) electrons. The lowest BCUT2D eigenvalue weighted by Crippen LogP contribution is -2.48. The molecule has 1 aliphatic heterocycles. The Balaban J connectivity index is 2.08. The molecule has 0 bridgehead atoms. The van der Waals surface area contributed by atoms with Crippen molar-refractivity contribution >= 4 is 16.9 Å². The van der Waals surface area contributed by atoms with E-state index in [9.17, 15) is 4.79 Å². The SMILES string of the molecule is CC1=C[C@]2(OC1=O)c1cccc3[nH]cc(c13)C[C@H]2N. The van der Waals surface area contributed by atoms with Crippen molar-refractivity contribution in [1.82, 2.24) is 4.98 Å². The Hall–Kier alpha value is -2.07. The molecule has 2 heterocycles. The van der Waals surface area contributed by atoms with Gasteiger partial charge in [0.1, 0.15) is 0 Å². The summed E-state index contributed by atoms with van der Waals surface area (Å²) < 4.78 is 5.66. The number of carbonyl (C=O) groups is 1. The van der Waals surface area contributed by atoms with Crippen LogP contribution in [0.15, 0.2) is 36.0 Å². The molecule has 0 unspecified atom stereocenters. The summed E-state index contributed by atoms with van der Waals surface area (Å²) in [6.07, 6.45) is 4.58. The van der Waals surface area contributed by atoms with E-state index in [-0.39, 0.29) is 12.0 Å². The van der Waals surface area contributed by atoms with Crippen LogP contribution >= 0.6 is 0 Å². The van der Waals surface area contributed by atoms with Gasteiger partial charge in [-0.3, -0.25) is 0 Å². The lowest BCUT2D eigenvalue weighted by molar-refractivity contribution is -0.149. The number of hydrogen-bond acceptors (Lipinski definition) is 3. The number of ether oxygens (including phenoxy) is 1. The zero-order chi connectivity index (χ0) is 13.2. The van der Waals surface area contributed by atoms with Gasteiger partial charge in [-0.1, -0.05) is 12.1 Å². The minimum Gasteiger partial charge on any atom is -0.445 e. The first-order chi connectivity index (χ1) is 9.12. The summed E-state index contributed by atoms with van der Waals surface area (Å²) in [5, 5.41) is 1.14. The van der Waals surface area contributed by atoms with Crippen molar-refractivity contribution in [3.63, 3.8) is 0 Å². The van der Waals surface area contributed by atoms with E-state index in [1.165, 1.54) is 5.56 Å². The summed E-state index contributed by atoms with van der Waals surface area (Å²) in [5.74, 6) is -0.272. The van der Waals surface area contributed by atoms with Gasteiger partial charge in [-0.15, -0.1) is 0 Å². The van der Waals surface area contributed by atoms with Gasteiger partial charge in [-0.05, 0) is 31.1 Å². The van der Waals surface area contributed by atoms with E-state index < -0.39 is 5.60 Å². The smallest absolute Gasteiger partial charge is 0.334 e. The van der Waals surface area contributed by atoms with Gasteiger partial charge in [-0.2, -0.15) is 0 Å². The standard InChI is InChI=1S/C15H14N2O2/c1-8-6-15(19-14(8)18)10-3-2-4-11-13(10)9(7-17-11)5-12(15)16/h2-4,6-7,12,17H,5,16H2,1H3/t12-,15+/m1/s1. The summed E-state index contributed by atoms with van der Waals surface area (Å²) in [4.78, 5) is 15.1. The number of hydrogen-bond donors (Lipinski definition) is 2. The van der Waals surface area contributed by atoms with Crippen molar-refractivity contribution in [3.8, 4) is 0 Å². The molecule has 1 aliphatic carbocycles. The van der Waals surface area contributed by atoms with Gasteiger partial charge >= 0.3 is 5.97 Å². The highest BCUT2D eigenvalue weighted by atomic mass is 16.6. The molecule has 2 aliphatic rings. The Kier molecular flexibility index (Phi) is 1.86. The summed E-state index contributed by atoms with van der Waals surface area (Å²) in [7, 11) is 0. The van der Waals surface area contributed by atoms with Crippen LogP contribution in [0.4, 0.5) is 0 Å². The van der Waals surface area contributed by atoms with Crippen LogP contribution in [-0.4, -0.2) is 17.0 Å². The van der Waals surface area contributed by atoms with Crippen LogP contribution in [0.1, 0.15) is 18.1 Å². The van der Waals surface area contributed by atoms with Crippen LogP contribution in [-0.2, 0) is 21.6 Å². The fraction of sp³-hybridized carbons (Fsp3) is 0.267. The summed E-state index contributed by atoms with van der Waals surface area (Å²) in [6.45, 7) is 1.77. The molecule has 0 saturated heterocycles. The van der Waals surface area contributed by atoms with E-state index in [0.717, 1.165) is 16.5 Å². The molecule has 1 aromatic carbocycles. The van der Waals surface area contributed by atoms with Crippen LogP contribution < -0.4 is 5.73 Å². The predicted molar refractivity (Wildman–Crippen MR) is 71.5 cm³/mol. The number of nitrogens with two attached hydrogens (primary N) is 1. The van der Waals surface area contributed by atoms with Crippen molar-refractivity contribution in [2.75, 3.05) is 0 Å². The van der Waals surface area contributed by atoms with E-state index in [1.807, 2.05) is 30.5 Å². The zero-order valence-corrected chi connectivity index (χ0v) is 10.6. The van der Waals surface area contributed by atoms with E-state index in [1.54, 1.807) is 6.92 Å². The monoisotopic (exact) mass is 254 g/mol. The maximum Gasteiger partial charge on any atom is 0.334 e. The van der Waals surface area contributed by atoms with Crippen molar-refractivity contribution < 1.29 is 9.53 Å². The minimum absolute atomic E-state index is 0.247. The lowest BCUT2D eigenvalue weighted by Gasteiger charge is -2.36. The van der Waals surface area contributed by atoms with E-state index >= 15 is 0 Å². The summed E-state index contributed by atoms with van der Waals surface area (Å²) in [6, 6.07) is 5.75. The molecule has 2 aromatic rings. The third-order valence-corrected chi connectivity index (χ3v) is 4.21. The van der Waals surface area contributed by atoms with E-state index in [4.69, 9.17) is 10.5 Å². The van der Waals surface area contributed by atoms with E-state index in [2.05, 4.69) is 4.98 Å². The van der Waals surface area contributed by atoms with Gasteiger partial charge in [0.25, 0.3) is 0 Å². The summed E-state index contributed by atoms with van der Waals surface area (Å²) in [5.41, 5.74) is 9.39. The zero-order valence-electron chi connectivity index (χ0n) is 10.6. The second-order valence-electron chi connectivity index (χ2n) is 5.36. The van der Waals surface area contributed by atoms with Crippen molar-refractivity contribution in [3.05, 3.63) is 47.2 Å². The maximum atomic E-state index is 11.8. The minimum atomic E-state index is -0.796. The van der Waals surface area contributed by atoms with Gasteiger partial charge in [0.15, 0.2) is 5.60 Å². The van der Waals surface area contributed by atoms with E-state index in [0.29, 0.717) is 12.0 Å². The van der Waals surface area contributed by atoms with Gasteiger partial charge in [0, 0.05) is 28.2 Å². The Morgan fingerprint density at radius 3 is 3.05 bits per heavy atom. The Morgan fingerprint density at radius 2 is 2.32 bits per heavy atom. The number of esters is 1. The van der Waals surface area contributed by atoms with Gasteiger partial charge < -0.3 is 15.5 Å². The number of benzene rings is 1. The molecule has 96 valence electrons. The molecule has 0 fully saturated rings. The third-order valence-electron chi connectivity index (χ3n) is 4.21. The average molecular weight is 254 g/mol. The fourth-order valence-corrected chi connectivity index (χ4v) is 3.29. The number of aromatic amines is 1. The molecular formula is C15H14N2O2. The first-order valence-electron chi connectivity index (χ1n) is 6.39. The van der Waals surface area contributed by atoms with Crippen molar-refractivity contribution in [2.45, 2.75) is 25.0 Å². The number of H-pyrrole nitrogens is 1. The second kappa shape index (κ2) is 3.27. The van der Waals surface area contributed by atoms with Crippen LogP contribution in [0.2, 0.25) is 0 Å². The fourth-order valence-electron chi connectivity index (χ4n) is 3.29. The molecule has 4 rings (SSSR count). The lowest BCUT2D eigenvalue weighted by atomic mass is 9.76. The Bertz CT molecular complexity index is 744. The molecule has 19 heavy (non-hydrogen) atoms. The normalized spacial score (nSPS) is 28.8. The number of rotatable bonds is 0. The van der Waals surface area contributed by atoms with Crippen LogP contribution in [0.5, 0.6) is 0 Å². The predicted octanol–water partition coefficient (Wildman–Crippen LogP) is 1.75. The largest absolute Gasteiger partial charge is 0.445 e. The highest BCUT2D eigenvalue weighted by Crippen LogP contribution is 2.45. The molecule has 4 heteroatoms. The molecular weight excluding hydrogens is 240 g/mol. The second-order valence-corrected chi connectivity index (χ2v) is 5.36. The van der Waals surface area contributed by atoms with Crippen LogP contribution in [0.3, 0.4) is 0 Å². The highest BCUT2D eigenvalue weighted by molar-refractivity contribution is 5.95.